The van der Waals surface area contributed by atoms with E-state index in [1.807, 2.05) is 18.2 Å². The highest BCUT2D eigenvalue weighted by atomic mass is 16.7. The molecular formula is C12H12O4. The number of allylic oxidation sites excluding steroid dienone is 1. The van der Waals surface area contributed by atoms with E-state index in [2.05, 4.69) is 4.74 Å². The van der Waals surface area contributed by atoms with Gasteiger partial charge in [-0.25, -0.2) is 0 Å². The minimum atomic E-state index is -0.318. The predicted octanol–water partition coefficient (Wildman–Crippen LogP) is 2.03. The lowest BCUT2D eigenvalue weighted by Gasteiger charge is -1.99. The second-order valence-electron chi connectivity index (χ2n) is 3.37. The molecule has 0 bridgehead atoms. The van der Waals surface area contributed by atoms with Crippen LogP contribution in [-0.4, -0.2) is 12.8 Å². The highest BCUT2D eigenvalue weighted by molar-refractivity contribution is 5.66. The fourth-order valence-electron chi connectivity index (χ4n) is 1.40. The molecule has 2 rings (SSSR count). The van der Waals surface area contributed by atoms with Gasteiger partial charge in [0.15, 0.2) is 11.5 Å². The van der Waals surface area contributed by atoms with Gasteiger partial charge in [0.05, 0.1) is 6.26 Å². The van der Waals surface area contributed by atoms with Gasteiger partial charge in [-0.05, 0) is 30.2 Å². The Morgan fingerprint density at radius 3 is 3.06 bits per heavy atom. The van der Waals surface area contributed by atoms with Crippen LogP contribution in [0.4, 0.5) is 0 Å². The van der Waals surface area contributed by atoms with Gasteiger partial charge in [-0.15, -0.1) is 0 Å². The van der Waals surface area contributed by atoms with Crippen LogP contribution in [-0.2, 0) is 16.0 Å². The van der Waals surface area contributed by atoms with Crippen molar-refractivity contribution >= 4 is 5.97 Å². The Hall–Kier alpha value is -1.97. The fraction of sp³-hybridized carbons (Fsp3) is 0.250. The molecular weight excluding hydrogens is 208 g/mol. The van der Waals surface area contributed by atoms with Crippen LogP contribution in [0.3, 0.4) is 0 Å². The molecule has 0 spiro atoms. The molecule has 1 aromatic rings. The molecule has 0 amide bonds. The van der Waals surface area contributed by atoms with Crippen LogP contribution < -0.4 is 9.47 Å². The third kappa shape index (κ3) is 2.53. The molecule has 1 aliphatic heterocycles. The Labute approximate surface area is 93.4 Å². The lowest BCUT2D eigenvalue weighted by Crippen LogP contribution is -1.92. The van der Waals surface area contributed by atoms with Crippen LogP contribution in [0.2, 0.25) is 0 Å². The van der Waals surface area contributed by atoms with Crippen molar-refractivity contribution in [1.29, 1.82) is 0 Å². The van der Waals surface area contributed by atoms with Crippen molar-refractivity contribution in [3.05, 3.63) is 36.1 Å². The van der Waals surface area contributed by atoms with Crippen LogP contribution in [0.5, 0.6) is 11.5 Å². The van der Waals surface area contributed by atoms with Crippen molar-refractivity contribution in [2.24, 2.45) is 0 Å². The Morgan fingerprint density at radius 2 is 2.25 bits per heavy atom. The molecule has 0 saturated carbocycles. The maximum atomic E-state index is 10.5. The largest absolute Gasteiger partial charge is 0.454 e. The van der Waals surface area contributed by atoms with E-state index in [1.165, 1.54) is 13.2 Å². The average molecular weight is 220 g/mol. The summed E-state index contributed by atoms with van der Waals surface area (Å²) in [6.07, 6.45) is 3.86. The van der Waals surface area contributed by atoms with Crippen molar-refractivity contribution in [3.8, 4) is 11.5 Å². The normalized spacial score (nSPS) is 13.1. The summed E-state index contributed by atoms with van der Waals surface area (Å²) in [7, 11) is 0. The van der Waals surface area contributed by atoms with Gasteiger partial charge in [0.25, 0.3) is 0 Å². The van der Waals surface area contributed by atoms with Crippen LogP contribution in [0, 0.1) is 0 Å². The summed E-state index contributed by atoms with van der Waals surface area (Å²) in [5.41, 5.74) is 1.08. The molecule has 0 saturated heterocycles. The van der Waals surface area contributed by atoms with Gasteiger partial charge >= 0.3 is 5.97 Å². The van der Waals surface area contributed by atoms with E-state index < -0.39 is 0 Å². The summed E-state index contributed by atoms with van der Waals surface area (Å²) in [6.45, 7) is 1.65. The van der Waals surface area contributed by atoms with E-state index in [0.717, 1.165) is 17.1 Å². The van der Waals surface area contributed by atoms with E-state index in [1.54, 1.807) is 6.08 Å². The minimum Gasteiger partial charge on any atom is -0.454 e. The zero-order valence-electron chi connectivity index (χ0n) is 8.93. The Kier molecular flexibility index (Phi) is 3.10. The molecule has 1 aromatic carbocycles. The van der Waals surface area contributed by atoms with Crippen molar-refractivity contribution in [2.75, 3.05) is 6.79 Å². The van der Waals surface area contributed by atoms with Crippen LogP contribution in [0.25, 0.3) is 0 Å². The maximum absolute atomic E-state index is 10.5. The van der Waals surface area contributed by atoms with Gasteiger partial charge in [0, 0.05) is 6.92 Å². The first-order chi connectivity index (χ1) is 7.75. The van der Waals surface area contributed by atoms with Gasteiger partial charge in [-0.3, -0.25) is 4.79 Å². The Bertz CT molecular complexity index is 423. The van der Waals surface area contributed by atoms with E-state index in [0.29, 0.717) is 6.42 Å². The molecule has 0 radical (unpaired) electrons. The van der Waals surface area contributed by atoms with Gasteiger partial charge in [-0.1, -0.05) is 6.07 Å². The molecule has 16 heavy (non-hydrogen) atoms. The number of fused-ring (bicyclic) bond motifs is 1. The Balaban J connectivity index is 1.95. The standard InChI is InChI=1S/C12H12O4/c1-9(13)14-6-2-3-10-4-5-11-12(7-10)16-8-15-11/h2,4-7H,3,8H2,1H3/b6-2+. The van der Waals surface area contributed by atoms with Crippen molar-refractivity contribution < 1.29 is 19.0 Å². The van der Waals surface area contributed by atoms with E-state index >= 15 is 0 Å². The number of hydrogen-bond donors (Lipinski definition) is 0. The van der Waals surface area contributed by atoms with E-state index in [4.69, 9.17) is 9.47 Å². The molecule has 1 heterocycles. The summed E-state index contributed by atoms with van der Waals surface area (Å²) < 4.78 is 15.1. The third-order valence-electron chi connectivity index (χ3n) is 2.12. The average Bonchev–Trinajstić information content (AvgIpc) is 2.71. The van der Waals surface area contributed by atoms with E-state index in [-0.39, 0.29) is 12.8 Å². The predicted molar refractivity (Wildman–Crippen MR) is 57.2 cm³/mol. The molecule has 0 aliphatic carbocycles. The zero-order valence-corrected chi connectivity index (χ0v) is 8.93. The van der Waals surface area contributed by atoms with E-state index in [9.17, 15) is 4.79 Å². The number of benzene rings is 1. The lowest BCUT2D eigenvalue weighted by molar-refractivity contribution is -0.135. The molecule has 0 fully saturated rings. The summed E-state index contributed by atoms with van der Waals surface area (Å²) in [6, 6.07) is 5.74. The molecule has 0 aromatic heterocycles. The number of esters is 1. The van der Waals surface area contributed by atoms with Crippen LogP contribution in [0.15, 0.2) is 30.5 Å². The minimum absolute atomic E-state index is 0.280. The second kappa shape index (κ2) is 4.70. The number of carbonyl (C=O) groups is 1. The highest BCUT2D eigenvalue weighted by Gasteiger charge is 2.12. The van der Waals surface area contributed by atoms with Crippen LogP contribution in [0.1, 0.15) is 12.5 Å². The number of rotatable bonds is 3. The summed E-state index contributed by atoms with van der Waals surface area (Å²) >= 11 is 0. The fourth-order valence-corrected chi connectivity index (χ4v) is 1.40. The van der Waals surface area contributed by atoms with Crippen molar-refractivity contribution in [2.45, 2.75) is 13.3 Å². The number of carbonyl (C=O) groups excluding carboxylic acids is 1. The van der Waals surface area contributed by atoms with Gasteiger partial charge < -0.3 is 14.2 Å². The third-order valence-corrected chi connectivity index (χ3v) is 2.12. The summed E-state index contributed by atoms with van der Waals surface area (Å²) in [5.74, 6) is 1.22. The Morgan fingerprint density at radius 1 is 1.44 bits per heavy atom. The highest BCUT2D eigenvalue weighted by Crippen LogP contribution is 2.32. The first kappa shape index (κ1) is 10.5. The van der Waals surface area contributed by atoms with Crippen molar-refractivity contribution in [3.63, 3.8) is 0 Å². The maximum Gasteiger partial charge on any atom is 0.307 e. The summed E-state index contributed by atoms with van der Waals surface area (Å²) in [5, 5.41) is 0. The van der Waals surface area contributed by atoms with Crippen molar-refractivity contribution in [1.82, 2.24) is 0 Å². The number of ether oxygens (including phenoxy) is 3. The molecule has 84 valence electrons. The summed E-state index contributed by atoms with van der Waals surface area (Å²) in [4.78, 5) is 10.5. The molecule has 4 nitrogen and oxygen atoms in total. The molecule has 1 aliphatic rings. The lowest BCUT2D eigenvalue weighted by atomic mass is 10.1. The van der Waals surface area contributed by atoms with Gasteiger partial charge in [0.1, 0.15) is 0 Å². The zero-order chi connectivity index (χ0) is 11.4. The topological polar surface area (TPSA) is 44.8 Å². The molecule has 0 atom stereocenters. The second-order valence-corrected chi connectivity index (χ2v) is 3.37. The molecule has 0 unspecified atom stereocenters. The monoisotopic (exact) mass is 220 g/mol. The van der Waals surface area contributed by atoms with Gasteiger partial charge in [0.2, 0.25) is 6.79 Å². The molecule has 4 heteroatoms. The first-order valence-corrected chi connectivity index (χ1v) is 4.96. The van der Waals surface area contributed by atoms with Gasteiger partial charge in [-0.2, -0.15) is 0 Å². The first-order valence-electron chi connectivity index (χ1n) is 4.96. The van der Waals surface area contributed by atoms with Crippen LogP contribution >= 0.6 is 0 Å². The SMILES string of the molecule is CC(=O)O/C=C/Cc1ccc2c(c1)OCO2. The number of hydrogen-bond acceptors (Lipinski definition) is 4. The smallest absolute Gasteiger partial charge is 0.307 e. The quantitative estimate of drug-likeness (QED) is 0.577. The molecule has 0 N–H and O–H groups in total.